The summed E-state index contributed by atoms with van der Waals surface area (Å²) in [5.74, 6) is 0.975. The summed E-state index contributed by atoms with van der Waals surface area (Å²) in [4.78, 5) is 38.8. The molecular weight excluding hydrogens is 428 g/mol. The Balaban J connectivity index is 1.25. The van der Waals surface area contributed by atoms with Crippen LogP contribution in [0.5, 0.6) is 0 Å². The molecule has 10 heteroatoms. The zero-order valence-corrected chi connectivity index (χ0v) is 19.9. The molecule has 1 aromatic heterocycles. The van der Waals surface area contributed by atoms with Crippen LogP contribution in [0.1, 0.15) is 76.6 Å². The molecule has 176 valence electrons. The van der Waals surface area contributed by atoms with E-state index >= 15 is 0 Å². The summed E-state index contributed by atoms with van der Waals surface area (Å²) in [6.45, 7) is 2.41. The largest absolute Gasteiger partial charge is 0.355 e. The van der Waals surface area contributed by atoms with E-state index in [9.17, 15) is 14.4 Å². The van der Waals surface area contributed by atoms with Gasteiger partial charge < -0.3 is 15.2 Å². The molecule has 1 aliphatic heterocycles. The van der Waals surface area contributed by atoms with Crippen molar-refractivity contribution in [1.29, 1.82) is 0 Å². The maximum atomic E-state index is 12.9. The minimum absolute atomic E-state index is 0.225. The van der Waals surface area contributed by atoms with Crippen LogP contribution < -0.4 is 10.6 Å². The molecule has 32 heavy (non-hydrogen) atoms. The summed E-state index contributed by atoms with van der Waals surface area (Å²) in [6, 6.07) is 0.0285. The molecule has 1 spiro atoms. The molecule has 0 unspecified atom stereocenters. The first-order chi connectivity index (χ1) is 15.4. The van der Waals surface area contributed by atoms with Crippen LogP contribution in [0.15, 0.2) is 5.16 Å². The van der Waals surface area contributed by atoms with Crippen molar-refractivity contribution in [3.8, 4) is 0 Å². The highest BCUT2D eigenvalue weighted by atomic mass is 32.2. The van der Waals surface area contributed by atoms with Crippen molar-refractivity contribution in [3.63, 3.8) is 0 Å². The van der Waals surface area contributed by atoms with Gasteiger partial charge in [-0.05, 0) is 57.1 Å². The second kappa shape index (κ2) is 9.80. The second-order valence-electron chi connectivity index (χ2n) is 9.45. The topological polar surface area (TPSA) is 109 Å². The molecule has 4 amide bonds. The number of nitrogens with zero attached hydrogens (tertiary/aromatic N) is 4. The van der Waals surface area contributed by atoms with Gasteiger partial charge in [-0.3, -0.25) is 14.5 Å². The van der Waals surface area contributed by atoms with Crippen LogP contribution in [0, 0.1) is 5.92 Å². The highest BCUT2D eigenvalue weighted by Crippen LogP contribution is 2.36. The lowest BCUT2D eigenvalue weighted by Gasteiger charge is -2.33. The minimum Gasteiger partial charge on any atom is -0.355 e. The van der Waals surface area contributed by atoms with Crippen LogP contribution >= 0.6 is 11.8 Å². The predicted molar refractivity (Wildman–Crippen MR) is 121 cm³/mol. The molecule has 3 aliphatic rings. The fourth-order valence-corrected chi connectivity index (χ4v) is 5.81. The van der Waals surface area contributed by atoms with Gasteiger partial charge in [0.1, 0.15) is 17.9 Å². The standard InChI is InChI=1S/C22H34N6O3S/c1-15-9-11-22(12-10-15)19(30)27(20(31)24-22)14-18(29)23-13-5-8-17-25-26-21(32-2)28(17)16-6-3-4-7-16/h15-16H,3-14H2,1-2H3,(H,23,29)(H,24,31). The van der Waals surface area contributed by atoms with E-state index in [4.69, 9.17) is 0 Å². The van der Waals surface area contributed by atoms with Gasteiger partial charge in [-0.1, -0.05) is 31.5 Å². The summed E-state index contributed by atoms with van der Waals surface area (Å²) in [5.41, 5.74) is -0.802. The molecule has 2 heterocycles. The number of rotatable bonds is 8. The van der Waals surface area contributed by atoms with Crippen molar-refractivity contribution in [1.82, 2.24) is 30.3 Å². The number of thioether (sulfide) groups is 1. The van der Waals surface area contributed by atoms with Gasteiger partial charge in [-0.25, -0.2) is 4.79 Å². The first kappa shape index (κ1) is 23.1. The Kier molecular flexibility index (Phi) is 7.07. The van der Waals surface area contributed by atoms with Crippen molar-refractivity contribution < 1.29 is 14.4 Å². The second-order valence-corrected chi connectivity index (χ2v) is 10.2. The van der Waals surface area contributed by atoms with Crippen molar-refractivity contribution in [3.05, 3.63) is 5.82 Å². The van der Waals surface area contributed by atoms with Gasteiger partial charge in [0.2, 0.25) is 5.91 Å². The monoisotopic (exact) mass is 462 g/mol. The molecule has 2 aliphatic carbocycles. The van der Waals surface area contributed by atoms with E-state index in [0.717, 1.165) is 41.6 Å². The molecular formula is C22H34N6O3S. The molecule has 3 fully saturated rings. The average Bonchev–Trinajstić information content (AvgIpc) is 3.49. The quantitative estimate of drug-likeness (QED) is 0.349. The van der Waals surface area contributed by atoms with E-state index in [1.807, 2.05) is 6.26 Å². The van der Waals surface area contributed by atoms with Crippen LogP contribution in [-0.2, 0) is 16.0 Å². The number of urea groups is 1. The third-order valence-electron chi connectivity index (χ3n) is 7.18. The van der Waals surface area contributed by atoms with Crippen molar-refractivity contribution in [2.45, 2.75) is 87.9 Å². The Hall–Kier alpha value is -2.10. The van der Waals surface area contributed by atoms with Gasteiger partial charge in [0.25, 0.3) is 5.91 Å². The van der Waals surface area contributed by atoms with E-state index in [1.54, 1.807) is 11.8 Å². The van der Waals surface area contributed by atoms with Crippen molar-refractivity contribution in [2.24, 2.45) is 5.92 Å². The molecule has 1 saturated heterocycles. The van der Waals surface area contributed by atoms with Gasteiger partial charge in [-0.15, -0.1) is 10.2 Å². The van der Waals surface area contributed by atoms with Gasteiger partial charge in [0.05, 0.1) is 0 Å². The predicted octanol–water partition coefficient (Wildman–Crippen LogP) is 2.66. The molecule has 2 N–H and O–H groups in total. The summed E-state index contributed by atoms with van der Waals surface area (Å²) >= 11 is 1.62. The molecule has 9 nitrogen and oxygen atoms in total. The van der Waals surface area contributed by atoms with E-state index in [1.165, 1.54) is 25.7 Å². The Morgan fingerprint density at radius 2 is 1.91 bits per heavy atom. The van der Waals surface area contributed by atoms with E-state index in [2.05, 4.69) is 32.3 Å². The number of amides is 4. The van der Waals surface area contributed by atoms with Crippen molar-refractivity contribution >= 4 is 29.6 Å². The van der Waals surface area contributed by atoms with E-state index < -0.39 is 11.6 Å². The fraction of sp³-hybridized carbons (Fsp3) is 0.773. The third kappa shape index (κ3) is 4.65. The molecule has 2 saturated carbocycles. The van der Waals surface area contributed by atoms with Gasteiger partial charge in [0, 0.05) is 19.0 Å². The van der Waals surface area contributed by atoms with Gasteiger partial charge in [-0.2, -0.15) is 0 Å². The lowest BCUT2D eigenvalue weighted by atomic mass is 9.77. The Labute approximate surface area is 193 Å². The number of nitrogens with one attached hydrogen (secondary N) is 2. The van der Waals surface area contributed by atoms with Crippen LogP contribution in [0.25, 0.3) is 0 Å². The summed E-state index contributed by atoms with van der Waals surface area (Å²) in [5, 5.41) is 15.4. The molecule has 0 atom stereocenters. The minimum atomic E-state index is -0.802. The number of aromatic nitrogens is 3. The zero-order valence-electron chi connectivity index (χ0n) is 19.1. The normalized spacial score (nSPS) is 26.2. The molecule has 0 bridgehead atoms. The highest BCUT2D eigenvalue weighted by Gasteiger charge is 2.52. The van der Waals surface area contributed by atoms with E-state index in [0.29, 0.717) is 31.3 Å². The number of imide groups is 1. The lowest BCUT2D eigenvalue weighted by molar-refractivity contribution is -0.136. The zero-order chi connectivity index (χ0) is 22.7. The number of carbonyl (C=O) groups is 3. The van der Waals surface area contributed by atoms with Crippen LogP contribution in [0.4, 0.5) is 4.79 Å². The average molecular weight is 463 g/mol. The summed E-state index contributed by atoms with van der Waals surface area (Å²) in [6.07, 6.45) is 11.4. The van der Waals surface area contributed by atoms with E-state index in [-0.39, 0.29) is 18.4 Å². The summed E-state index contributed by atoms with van der Waals surface area (Å²) in [7, 11) is 0. The van der Waals surface area contributed by atoms with Crippen molar-refractivity contribution in [2.75, 3.05) is 19.3 Å². The Morgan fingerprint density at radius 1 is 1.19 bits per heavy atom. The molecule has 0 radical (unpaired) electrons. The van der Waals surface area contributed by atoms with Crippen LogP contribution in [-0.4, -0.2) is 62.4 Å². The Morgan fingerprint density at radius 3 is 2.59 bits per heavy atom. The maximum absolute atomic E-state index is 12.9. The summed E-state index contributed by atoms with van der Waals surface area (Å²) < 4.78 is 2.27. The first-order valence-electron chi connectivity index (χ1n) is 11.8. The lowest BCUT2D eigenvalue weighted by Crippen LogP contribution is -2.49. The number of carbonyl (C=O) groups excluding carboxylic acids is 3. The third-order valence-corrected chi connectivity index (χ3v) is 7.83. The highest BCUT2D eigenvalue weighted by molar-refractivity contribution is 7.98. The van der Waals surface area contributed by atoms with Gasteiger partial charge >= 0.3 is 6.03 Å². The number of hydrogen-bond donors (Lipinski definition) is 2. The smallest absolute Gasteiger partial charge is 0.325 e. The first-order valence-corrected chi connectivity index (χ1v) is 13.0. The molecule has 0 aromatic carbocycles. The number of aryl methyl sites for hydroxylation is 1. The molecule has 1 aromatic rings. The number of hydrogen-bond acceptors (Lipinski definition) is 6. The SMILES string of the molecule is CSc1nnc(CCCNC(=O)CN2C(=O)NC3(CCC(C)CC3)C2=O)n1C1CCCC1. The molecule has 4 rings (SSSR count). The van der Waals surface area contributed by atoms with Crippen LogP contribution in [0.3, 0.4) is 0 Å². The maximum Gasteiger partial charge on any atom is 0.325 e. The van der Waals surface area contributed by atoms with Gasteiger partial charge in [0.15, 0.2) is 5.16 Å². The fourth-order valence-electron chi connectivity index (χ4n) is 5.23. The Bertz CT molecular complexity index is 858. The van der Waals surface area contributed by atoms with Crippen LogP contribution in [0.2, 0.25) is 0 Å².